The largest absolute Gasteiger partial charge is 0.457 e. The average Bonchev–Trinajstić information content (AvgIpc) is 3.18. The molecule has 0 radical (unpaired) electrons. The highest BCUT2D eigenvalue weighted by Crippen LogP contribution is 2.29. The number of rotatable bonds is 4. The molecule has 0 atom stereocenters. The molecule has 30 heavy (non-hydrogen) atoms. The molecular weight excluding hydrogens is 408 g/mol. The van der Waals surface area contributed by atoms with E-state index in [-0.39, 0.29) is 33.9 Å². The second kappa shape index (κ2) is 8.52. The molecule has 1 aromatic carbocycles. The molecule has 0 fully saturated rings. The van der Waals surface area contributed by atoms with Gasteiger partial charge in [0.25, 0.3) is 11.8 Å². The monoisotopic (exact) mass is 420 g/mol. The maximum absolute atomic E-state index is 12.1. The Hall–Kier alpha value is -4.07. The van der Waals surface area contributed by atoms with E-state index >= 15 is 0 Å². The molecule has 1 N–H and O–H groups in total. The molecule has 0 bridgehead atoms. The van der Waals surface area contributed by atoms with Crippen LogP contribution in [-0.2, 0) is 14.3 Å². The Morgan fingerprint density at radius 2 is 2.07 bits per heavy atom. The lowest BCUT2D eigenvalue weighted by molar-refractivity contribution is -0.126. The van der Waals surface area contributed by atoms with E-state index in [4.69, 9.17) is 32.4 Å². The molecule has 148 valence electrons. The van der Waals surface area contributed by atoms with Crippen molar-refractivity contribution in [3.05, 3.63) is 63.4 Å². The summed E-state index contributed by atoms with van der Waals surface area (Å²) in [4.78, 5) is 35.9. The normalized spacial score (nSPS) is 14.9. The number of benzene rings is 1. The lowest BCUT2D eigenvalue weighted by atomic mass is 9.96. The van der Waals surface area contributed by atoms with Gasteiger partial charge in [-0.2, -0.15) is 5.26 Å². The summed E-state index contributed by atoms with van der Waals surface area (Å²) in [5.41, 5.74) is 0.935. The van der Waals surface area contributed by atoms with Gasteiger partial charge in [0.1, 0.15) is 23.2 Å². The Morgan fingerprint density at radius 1 is 1.30 bits per heavy atom. The number of imide groups is 1. The maximum atomic E-state index is 12.1. The molecule has 0 saturated heterocycles. The summed E-state index contributed by atoms with van der Waals surface area (Å²) in [6.07, 6.45) is 6.52. The molecule has 0 saturated carbocycles. The average molecular weight is 421 g/mol. The fourth-order valence-electron chi connectivity index (χ4n) is 2.76. The number of furan rings is 1. The highest BCUT2D eigenvalue weighted by molar-refractivity contribution is 6.33. The van der Waals surface area contributed by atoms with Crippen LogP contribution in [0.5, 0.6) is 0 Å². The van der Waals surface area contributed by atoms with E-state index < -0.39 is 17.8 Å². The lowest BCUT2D eigenvalue weighted by Gasteiger charge is -2.15. The number of nitrogens with zero attached hydrogens (tertiary/aromatic N) is 1. The van der Waals surface area contributed by atoms with Gasteiger partial charge in [-0.05, 0) is 48.9 Å². The van der Waals surface area contributed by atoms with Gasteiger partial charge in [-0.15, -0.1) is 6.42 Å². The van der Waals surface area contributed by atoms with Crippen molar-refractivity contribution in [3.63, 3.8) is 0 Å². The number of esters is 1. The van der Waals surface area contributed by atoms with Crippen molar-refractivity contribution in [3.8, 4) is 29.7 Å². The smallest absolute Gasteiger partial charge is 0.340 e. The standard InChI is InChI=1S/C22H13ClN2O5/c1-3-8-29-22(28)16-9-13(4-6-18(16)23)19-7-5-14(30-19)10-15-12(2)17(11-24)21(27)25-20(15)26/h1,4-7,9-10H,8H2,2H3,(H,25,26,27)/b15-10-. The van der Waals surface area contributed by atoms with E-state index in [9.17, 15) is 14.4 Å². The van der Waals surface area contributed by atoms with Gasteiger partial charge >= 0.3 is 5.97 Å². The second-order valence-electron chi connectivity index (χ2n) is 6.13. The summed E-state index contributed by atoms with van der Waals surface area (Å²) in [5.74, 6) is 0.895. The van der Waals surface area contributed by atoms with Crippen molar-refractivity contribution in [2.75, 3.05) is 6.61 Å². The number of nitriles is 1. The lowest BCUT2D eigenvalue weighted by Crippen LogP contribution is -2.37. The quantitative estimate of drug-likeness (QED) is 0.352. The Kier molecular flexibility index (Phi) is 5.87. The summed E-state index contributed by atoms with van der Waals surface area (Å²) in [5, 5.41) is 11.4. The van der Waals surface area contributed by atoms with Crippen LogP contribution in [0, 0.1) is 23.7 Å². The van der Waals surface area contributed by atoms with Crippen LogP contribution in [-0.4, -0.2) is 24.4 Å². The molecule has 7 nitrogen and oxygen atoms in total. The number of terminal acetylenes is 1. The van der Waals surface area contributed by atoms with E-state index in [0.29, 0.717) is 17.1 Å². The van der Waals surface area contributed by atoms with Crippen molar-refractivity contribution in [1.82, 2.24) is 5.32 Å². The number of amides is 2. The number of ether oxygens (including phenoxy) is 1. The van der Waals surface area contributed by atoms with Gasteiger partial charge in [0.15, 0.2) is 6.61 Å². The minimum Gasteiger partial charge on any atom is -0.457 e. The molecule has 8 heteroatoms. The third-order valence-corrected chi connectivity index (χ3v) is 4.59. The highest BCUT2D eigenvalue weighted by Gasteiger charge is 2.27. The molecule has 2 aromatic rings. The number of halogens is 1. The first-order valence-corrected chi connectivity index (χ1v) is 8.92. The molecule has 0 spiro atoms. The van der Waals surface area contributed by atoms with E-state index in [1.165, 1.54) is 25.1 Å². The molecule has 1 aliphatic heterocycles. The van der Waals surface area contributed by atoms with Crippen molar-refractivity contribution in [2.24, 2.45) is 0 Å². The van der Waals surface area contributed by atoms with Crippen LogP contribution in [0.25, 0.3) is 17.4 Å². The second-order valence-corrected chi connectivity index (χ2v) is 6.54. The van der Waals surface area contributed by atoms with Gasteiger partial charge < -0.3 is 9.15 Å². The van der Waals surface area contributed by atoms with Crippen molar-refractivity contribution < 1.29 is 23.5 Å². The first-order valence-electron chi connectivity index (χ1n) is 8.54. The summed E-state index contributed by atoms with van der Waals surface area (Å²) in [6, 6.07) is 9.71. The van der Waals surface area contributed by atoms with Crippen molar-refractivity contribution in [1.29, 1.82) is 5.26 Å². The summed E-state index contributed by atoms with van der Waals surface area (Å²) >= 11 is 6.07. The SMILES string of the molecule is C#CCOC(=O)c1cc(-c2ccc(/C=C3\C(=O)NC(=O)C(C#N)=C3C)o2)ccc1Cl. The van der Waals surface area contributed by atoms with Crippen LogP contribution in [0.2, 0.25) is 5.02 Å². The summed E-state index contributed by atoms with van der Waals surface area (Å²) < 4.78 is 10.7. The predicted molar refractivity (Wildman–Crippen MR) is 108 cm³/mol. The van der Waals surface area contributed by atoms with Crippen LogP contribution >= 0.6 is 11.6 Å². The van der Waals surface area contributed by atoms with Gasteiger partial charge in [0.05, 0.1) is 10.6 Å². The molecule has 2 heterocycles. The van der Waals surface area contributed by atoms with Gasteiger partial charge in [-0.25, -0.2) is 4.79 Å². The summed E-state index contributed by atoms with van der Waals surface area (Å²) in [6.45, 7) is 1.33. The fourth-order valence-corrected chi connectivity index (χ4v) is 2.96. The molecule has 1 aromatic heterocycles. The fraction of sp³-hybridized carbons (Fsp3) is 0.0909. The Morgan fingerprint density at radius 3 is 2.77 bits per heavy atom. The molecule has 0 unspecified atom stereocenters. The number of hydrogen-bond donors (Lipinski definition) is 1. The molecular formula is C22H13ClN2O5. The minimum absolute atomic E-state index is 0.128. The van der Waals surface area contributed by atoms with Crippen molar-refractivity contribution in [2.45, 2.75) is 6.92 Å². The number of carbonyl (C=O) groups is 3. The van der Waals surface area contributed by atoms with Crippen LogP contribution in [0.4, 0.5) is 0 Å². The third kappa shape index (κ3) is 4.02. The number of hydrogen-bond acceptors (Lipinski definition) is 6. The summed E-state index contributed by atoms with van der Waals surface area (Å²) in [7, 11) is 0. The third-order valence-electron chi connectivity index (χ3n) is 4.26. The maximum Gasteiger partial charge on any atom is 0.340 e. The Bertz CT molecular complexity index is 1220. The van der Waals surface area contributed by atoms with Gasteiger partial charge in [0.2, 0.25) is 0 Å². The van der Waals surface area contributed by atoms with E-state index in [1.807, 2.05) is 0 Å². The Labute approximate surface area is 176 Å². The van der Waals surface area contributed by atoms with Gasteiger partial charge in [-0.3, -0.25) is 14.9 Å². The van der Waals surface area contributed by atoms with Gasteiger partial charge in [0, 0.05) is 11.1 Å². The van der Waals surface area contributed by atoms with Crippen LogP contribution in [0.3, 0.4) is 0 Å². The zero-order chi connectivity index (χ0) is 21.8. The predicted octanol–water partition coefficient (Wildman–Crippen LogP) is 3.27. The van der Waals surface area contributed by atoms with E-state index in [1.54, 1.807) is 24.3 Å². The zero-order valence-electron chi connectivity index (χ0n) is 15.6. The topological polar surface area (TPSA) is 109 Å². The van der Waals surface area contributed by atoms with Crippen LogP contribution in [0.15, 0.2) is 51.5 Å². The highest BCUT2D eigenvalue weighted by atomic mass is 35.5. The molecule has 0 aliphatic carbocycles. The zero-order valence-corrected chi connectivity index (χ0v) is 16.4. The molecule has 3 rings (SSSR count). The Balaban J connectivity index is 1.95. The van der Waals surface area contributed by atoms with Crippen LogP contribution < -0.4 is 5.32 Å². The molecule has 1 aliphatic rings. The molecule has 2 amide bonds. The number of nitrogens with one attached hydrogen (secondary N) is 1. The minimum atomic E-state index is -0.734. The first-order chi connectivity index (χ1) is 14.3. The van der Waals surface area contributed by atoms with Gasteiger partial charge in [-0.1, -0.05) is 17.5 Å². The first kappa shape index (κ1) is 20.7. The van der Waals surface area contributed by atoms with E-state index in [0.717, 1.165) is 0 Å². The van der Waals surface area contributed by atoms with E-state index in [2.05, 4.69) is 11.2 Å². The number of carbonyl (C=O) groups excluding carboxylic acids is 3. The van der Waals surface area contributed by atoms with Crippen LogP contribution in [0.1, 0.15) is 23.0 Å². The van der Waals surface area contributed by atoms with Crippen molar-refractivity contribution >= 4 is 35.5 Å².